The molecule has 5 rings (SSSR count). The largest absolute Gasteiger partial charge is 0.391 e. The van der Waals surface area contributed by atoms with Crippen molar-refractivity contribution in [1.29, 1.82) is 0 Å². The molecule has 0 amide bonds. The third-order valence-electron chi connectivity index (χ3n) is 11.1. The van der Waals surface area contributed by atoms with Gasteiger partial charge in [0, 0.05) is 0 Å². The average Bonchev–Trinajstić information content (AvgIpc) is 3.51. The molecule has 4 saturated carbocycles. The van der Waals surface area contributed by atoms with Crippen LogP contribution in [0.3, 0.4) is 0 Å². The number of hydrogen-bond donors (Lipinski definition) is 0. The van der Waals surface area contributed by atoms with E-state index >= 15 is 0 Å². The standard InChI is InChI=1S/C25H39F3O.C2H6/c1-14-11-20-18-6-5-16-12-17(25(26,27)28)7-9-23(16,3)19(18)8-10-24(20,4)22(14)15(2)21-13-29-21;1-2/h14-22H,5-13H2,1-4H3;1-2H3/t14-,15-,16-,17?,18-,19?,20?,21?,22?,23+,24?;/m1./s1. The minimum Gasteiger partial charge on any atom is -0.373 e. The fourth-order valence-electron chi connectivity index (χ4n) is 9.67. The van der Waals surface area contributed by atoms with Crippen molar-refractivity contribution in [3.8, 4) is 0 Å². The molecular formula is C27H45F3O. The molecule has 0 bridgehead atoms. The van der Waals surface area contributed by atoms with Crippen molar-refractivity contribution in [2.75, 3.05) is 6.61 Å². The van der Waals surface area contributed by atoms with E-state index in [1.165, 1.54) is 25.7 Å². The first-order chi connectivity index (χ1) is 14.6. The molecule has 1 saturated heterocycles. The zero-order valence-electron chi connectivity index (χ0n) is 20.6. The van der Waals surface area contributed by atoms with E-state index in [0.717, 1.165) is 43.1 Å². The molecule has 4 aliphatic carbocycles. The second kappa shape index (κ2) is 8.20. The summed E-state index contributed by atoms with van der Waals surface area (Å²) in [6.45, 7) is 14.8. The summed E-state index contributed by atoms with van der Waals surface area (Å²) in [5.41, 5.74) is 0.539. The number of epoxide rings is 1. The highest BCUT2D eigenvalue weighted by atomic mass is 19.4. The summed E-state index contributed by atoms with van der Waals surface area (Å²) in [5.74, 6) is 3.50. The molecule has 5 aliphatic rings. The van der Waals surface area contributed by atoms with Gasteiger partial charge in [-0.15, -0.1) is 0 Å². The normalized spacial score (nSPS) is 52.2. The Morgan fingerprint density at radius 2 is 1.55 bits per heavy atom. The Balaban J connectivity index is 0.00000112. The first kappa shape index (κ1) is 23.9. The van der Waals surface area contributed by atoms with Crippen molar-refractivity contribution in [2.45, 2.75) is 105 Å². The molecule has 1 aliphatic heterocycles. The molecule has 31 heavy (non-hydrogen) atoms. The Hall–Kier alpha value is -0.250. The summed E-state index contributed by atoms with van der Waals surface area (Å²) in [7, 11) is 0. The van der Waals surface area contributed by atoms with Crippen LogP contribution in [0.4, 0.5) is 13.2 Å². The summed E-state index contributed by atoms with van der Waals surface area (Å²) < 4.78 is 45.9. The molecule has 6 unspecified atom stereocenters. The maximum Gasteiger partial charge on any atom is 0.391 e. The van der Waals surface area contributed by atoms with E-state index < -0.39 is 12.1 Å². The molecule has 0 aromatic heterocycles. The van der Waals surface area contributed by atoms with Gasteiger partial charge in [0.1, 0.15) is 0 Å². The third-order valence-corrected chi connectivity index (χ3v) is 11.1. The Morgan fingerprint density at radius 1 is 0.903 bits per heavy atom. The molecular weight excluding hydrogens is 397 g/mol. The second-order valence-corrected chi connectivity index (χ2v) is 12.2. The lowest BCUT2D eigenvalue weighted by atomic mass is 9.44. The summed E-state index contributed by atoms with van der Waals surface area (Å²) in [4.78, 5) is 0. The monoisotopic (exact) mass is 442 g/mol. The van der Waals surface area contributed by atoms with Gasteiger partial charge in [-0.2, -0.15) is 13.2 Å². The molecule has 0 aromatic carbocycles. The predicted molar refractivity (Wildman–Crippen MR) is 120 cm³/mol. The Kier molecular flexibility index (Phi) is 6.32. The van der Waals surface area contributed by atoms with Gasteiger partial charge in [-0.3, -0.25) is 0 Å². The fourth-order valence-corrected chi connectivity index (χ4v) is 9.67. The van der Waals surface area contributed by atoms with E-state index in [-0.39, 0.29) is 11.3 Å². The second-order valence-electron chi connectivity index (χ2n) is 12.2. The van der Waals surface area contributed by atoms with Crippen LogP contribution in [0.5, 0.6) is 0 Å². The van der Waals surface area contributed by atoms with Crippen molar-refractivity contribution < 1.29 is 17.9 Å². The maximum atomic E-state index is 13.4. The molecule has 0 aromatic rings. The van der Waals surface area contributed by atoms with Gasteiger partial charge >= 0.3 is 6.18 Å². The third kappa shape index (κ3) is 3.79. The molecule has 5 fully saturated rings. The first-order valence-corrected chi connectivity index (χ1v) is 13.2. The van der Waals surface area contributed by atoms with Crippen LogP contribution in [0.15, 0.2) is 0 Å². The van der Waals surface area contributed by atoms with E-state index in [9.17, 15) is 13.2 Å². The zero-order chi connectivity index (χ0) is 22.8. The number of rotatable bonds is 2. The summed E-state index contributed by atoms with van der Waals surface area (Å²) in [6.07, 6.45) is 4.04. The predicted octanol–water partition coefficient (Wildman–Crippen LogP) is 8.13. The van der Waals surface area contributed by atoms with Crippen LogP contribution >= 0.6 is 0 Å². The van der Waals surface area contributed by atoms with E-state index in [2.05, 4.69) is 27.7 Å². The van der Waals surface area contributed by atoms with Crippen LogP contribution in [0.1, 0.15) is 92.9 Å². The van der Waals surface area contributed by atoms with E-state index in [1.54, 1.807) is 0 Å². The van der Waals surface area contributed by atoms with Crippen LogP contribution < -0.4 is 0 Å². The molecule has 1 nitrogen and oxygen atoms in total. The minimum atomic E-state index is -4.00. The molecule has 0 spiro atoms. The fraction of sp³-hybridized carbons (Fsp3) is 1.00. The van der Waals surface area contributed by atoms with Crippen molar-refractivity contribution in [3.63, 3.8) is 0 Å². The lowest BCUT2D eigenvalue weighted by Gasteiger charge is -2.61. The van der Waals surface area contributed by atoms with Gasteiger partial charge in [-0.05, 0) is 104 Å². The van der Waals surface area contributed by atoms with Gasteiger partial charge in [0.05, 0.1) is 18.6 Å². The van der Waals surface area contributed by atoms with Gasteiger partial charge in [-0.1, -0.05) is 41.5 Å². The first-order valence-electron chi connectivity index (χ1n) is 13.2. The molecule has 180 valence electrons. The summed E-state index contributed by atoms with van der Waals surface area (Å²) in [6, 6.07) is 0. The highest BCUT2D eigenvalue weighted by molar-refractivity contribution is 5.11. The van der Waals surface area contributed by atoms with Gasteiger partial charge in [0.2, 0.25) is 0 Å². The number of ether oxygens (including phenoxy) is 1. The highest BCUT2D eigenvalue weighted by Crippen LogP contribution is 2.70. The van der Waals surface area contributed by atoms with E-state index in [4.69, 9.17) is 4.74 Å². The molecule has 0 N–H and O–H groups in total. The number of alkyl halides is 3. The van der Waals surface area contributed by atoms with Crippen molar-refractivity contribution >= 4 is 0 Å². The topological polar surface area (TPSA) is 12.5 Å². The van der Waals surface area contributed by atoms with Crippen molar-refractivity contribution in [3.05, 3.63) is 0 Å². The van der Waals surface area contributed by atoms with Gasteiger partial charge in [0.15, 0.2) is 0 Å². The van der Waals surface area contributed by atoms with Crippen LogP contribution in [0.2, 0.25) is 0 Å². The molecule has 11 atom stereocenters. The maximum absolute atomic E-state index is 13.4. The lowest BCUT2D eigenvalue weighted by molar-refractivity contribution is -0.208. The SMILES string of the molecule is CC.C[C@H](C1CO1)C1[C@H](C)CC2[C@@H]3CC[C@@H]4CC(C(F)(F)F)CC[C@]4(C)C3CCC21C. The Labute approximate surface area is 188 Å². The van der Waals surface area contributed by atoms with Crippen LogP contribution in [-0.4, -0.2) is 18.9 Å². The quantitative estimate of drug-likeness (QED) is 0.393. The zero-order valence-corrected chi connectivity index (χ0v) is 20.6. The summed E-state index contributed by atoms with van der Waals surface area (Å²) in [5, 5.41) is 0. The molecule has 1 heterocycles. The van der Waals surface area contributed by atoms with Crippen LogP contribution in [-0.2, 0) is 4.74 Å². The van der Waals surface area contributed by atoms with E-state index in [0.29, 0.717) is 36.2 Å². The lowest BCUT2D eigenvalue weighted by Crippen LogP contribution is -2.54. The molecule has 4 heteroatoms. The Bertz CT molecular complexity index is 643. The Morgan fingerprint density at radius 3 is 2.16 bits per heavy atom. The molecule has 0 radical (unpaired) electrons. The van der Waals surface area contributed by atoms with Gasteiger partial charge < -0.3 is 4.74 Å². The summed E-state index contributed by atoms with van der Waals surface area (Å²) >= 11 is 0. The number of fused-ring (bicyclic) bond motifs is 5. The van der Waals surface area contributed by atoms with E-state index in [1.807, 2.05) is 13.8 Å². The van der Waals surface area contributed by atoms with Crippen molar-refractivity contribution in [2.24, 2.45) is 58.2 Å². The van der Waals surface area contributed by atoms with Crippen LogP contribution in [0, 0.1) is 58.2 Å². The smallest absolute Gasteiger partial charge is 0.373 e. The van der Waals surface area contributed by atoms with Gasteiger partial charge in [-0.25, -0.2) is 0 Å². The number of hydrogen-bond acceptors (Lipinski definition) is 1. The highest BCUT2D eigenvalue weighted by Gasteiger charge is 2.63. The number of halogens is 3. The van der Waals surface area contributed by atoms with Gasteiger partial charge in [0.25, 0.3) is 0 Å². The minimum absolute atomic E-state index is 0.137. The average molecular weight is 443 g/mol. The van der Waals surface area contributed by atoms with Crippen LogP contribution in [0.25, 0.3) is 0 Å². The van der Waals surface area contributed by atoms with Crippen molar-refractivity contribution in [1.82, 2.24) is 0 Å².